The van der Waals surface area contributed by atoms with Crippen LogP contribution in [0.15, 0.2) is 84.4 Å². The van der Waals surface area contributed by atoms with Crippen LogP contribution in [0.3, 0.4) is 0 Å². The first kappa shape index (κ1) is 44.9. The van der Waals surface area contributed by atoms with E-state index in [9.17, 15) is 19.8 Å². The van der Waals surface area contributed by atoms with E-state index < -0.39 is 17.1 Å². The number of allylic oxidation sites excluding steroid dienone is 2. The standard InChI is InChI=1S/C56H75NO5/c1-36(2)46-25-16-38(4)30-51(46)62-53(60)57(34-43-22-23-44-33-50(43)54(44,5)6)35-56(61)29-27-49-47-26-17-39(31-45(58)24-15-37(3)12-11-28-55(49,56)7)32-48(47)52(59)42-20-18-41(19-21-42)40-13-9-8-10-14-40/h8-10,12-14,17-21,26,32,36,38,43-46,49-51,58,61H,11,15-16,22-25,27-31,33-35H2,1-7H3. The van der Waals surface area contributed by atoms with Gasteiger partial charge < -0.3 is 19.8 Å². The second kappa shape index (κ2) is 18.0. The van der Waals surface area contributed by atoms with Crippen molar-refractivity contribution in [1.82, 2.24) is 4.90 Å². The number of ketones is 1. The molecule has 10 atom stereocenters. The molecular weight excluding hydrogens is 767 g/mol. The SMILES string of the molecule is CC1=CCCC2(C)C(CCC2(O)CN(CC2CCC3CC2C3(C)C)C(=O)OC2CC(C)CCC2C(C)C)c2ccc(cc2C(=O)c2ccc(-c3ccccc3)cc2)CC(O)CC1. The molecule has 4 bridgehead atoms. The zero-order valence-corrected chi connectivity index (χ0v) is 38.9. The zero-order valence-electron chi connectivity index (χ0n) is 38.9. The third kappa shape index (κ3) is 8.86. The minimum atomic E-state index is -1.22. The molecule has 0 heterocycles. The van der Waals surface area contributed by atoms with E-state index in [4.69, 9.17) is 4.74 Å². The summed E-state index contributed by atoms with van der Waals surface area (Å²) in [5.41, 5.74) is 4.97. The second-order valence-corrected chi connectivity index (χ2v) is 22.0. The quantitative estimate of drug-likeness (QED) is 0.166. The summed E-state index contributed by atoms with van der Waals surface area (Å²) in [5, 5.41) is 24.7. The molecule has 0 aliphatic heterocycles. The van der Waals surface area contributed by atoms with Crippen molar-refractivity contribution in [2.24, 2.45) is 46.3 Å². The molecule has 0 spiro atoms. The van der Waals surface area contributed by atoms with Gasteiger partial charge in [-0.25, -0.2) is 4.79 Å². The third-order valence-electron chi connectivity index (χ3n) is 17.6. The van der Waals surface area contributed by atoms with Crippen molar-refractivity contribution < 1.29 is 24.5 Å². The molecule has 10 rings (SSSR count). The second-order valence-electron chi connectivity index (χ2n) is 22.0. The Kier molecular flexibility index (Phi) is 13.0. The number of hydrogen-bond donors (Lipinski definition) is 2. The van der Waals surface area contributed by atoms with Crippen molar-refractivity contribution in [2.75, 3.05) is 13.1 Å². The van der Waals surface area contributed by atoms with Crippen LogP contribution >= 0.6 is 0 Å². The highest BCUT2D eigenvalue weighted by Crippen LogP contribution is 2.62. The fraction of sp³-hybridized carbons (Fsp3) is 0.607. The van der Waals surface area contributed by atoms with Gasteiger partial charge in [-0.1, -0.05) is 126 Å². The van der Waals surface area contributed by atoms with Gasteiger partial charge in [0.05, 0.1) is 18.2 Å². The lowest BCUT2D eigenvalue weighted by Crippen LogP contribution is -2.58. The number of amides is 1. The van der Waals surface area contributed by atoms with Crippen molar-refractivity contribution in [3.63, 3.8) is 0 Å². The lowest BCUT2D eigenvalue weighted by atomic mass is 9.45. The third-order valence-corrected chi connectivity index (χ3v) is 17.6. The first-order valence-corrected chi connectivity index (χ1v) is 24.4. The fourth-order valence-corrected chi connectivity index (χ4v) is 13.2. The Morgan fingerprint density at radius 1 is 0.871 bits per heavy atom. The molecule has 10 unspecified atom stereocenters. The summed E-state index contributed by atoms with van der Waals surface area (Å²) in [6, 6.07) is 24.4. The maximum Gasteiger partial charge on any atom is 0.410 e. The van der Waals surface area contributed by atoms with E-state index in [1.807, 2.05) is 53.4 Å². The van der Waals surface area contributed by atoms with Crippen molar-refractivity contribution in [3.05, 3.63) is 107 Å². The Hall–Kier alpha value is -3.74. The van der Waals surface area contributed by atoms with Gasteiger partial charge in [0.25, 0.3) is 0 Å². The maximum atomic E-state index is 14.9. The molecule has 62 heavy (non-hydrogen) atoms. The summed E-state index contributed by atoms with van der Waals surface area (Å²) < 4.78 is 6.68. The van der Waals surface area contributed by atoms with Gasteiger partial charge in [0.15, 0.2) is 5.78 Å². The molecule has 0 aromatic heterocycles. The molecular formula is C56H75NO5. The van der Waals surface area contributed by atoms with Crippen LogP contribution < -0.4 is 0 Å². The lowest BCUT2D eigenvalue weighted by molar-refractivity contribution is -0.122. The van der Waals surface area contributed by atoms with Crippen LogP contribution in [-0.2, 0) is 11.2 Å². The Morgan fingerprint density at radius 2 is 1.61 bits per heavy atom. The molecule has 5 saturated carbocycles. The Labute approximate surface area is 372 Å². The molecule has 6 heteroatoms. The number of carbonyl (C=O) groups is 2. The average Bonchev–Trinajstić information content (AvgIpc) is 3.50. The van der Waals surface area contributed by atoms with Crippen LogP contribution in [0.2, 0.25) is 0 Å². The molecule has 7 aliphatic rings. The number of hydrogen-bond acceptors (Lipinski definition) is 5. The molecule has 3 aromatic carbocycles. The molecule has 7 aliphatic carbocycles. The number of fused-ring (bicyclic) bond motifs is 10. The van der Waals surface area contributed by atoms with Crippen molar-refractivity contribution in [1.29, 1.82) is 0 Å². The van der Waals surface area contributed by atoms with Crippen molar-refractivity contribution >= 4 is 11.9 Å². The number of nitrogens with zero attached hydrogens (tertiary/aromatic N) is 1. The summed E-state index contributed by atoms with van der Waals surface area (Å²) in [6.07, 6.45) is 12.7. The molecule has 334 valence electrons. The van der Waals surface area contributed by atoms with Crippen LogP contribution in [0.1, 0.15) is 158 Å². The average molecular weight is 842 g/mol. The first-order chi connectivity index (χ1) is 29.6. The Bertz CT molecular complexity index is 2090. The van der Waals surface area contributed by atoms with E-state index in [-0.39, 0.29) is 35.9 Å². The Morgan fingerprint density at radius 3 is 2.32 bits per heavy atom. The van der Waals surface area contributed by atoms with Gasteiger partial charge in [-0.3, -0.25) is 4.79 Å². The summed E-state index contributed by atoms with van der Waals surface area (Å²) in [4.78, 5) is 31.7. The molecule has 6 nitrogen and oxygen atoms in total. The normalized spacial score (nSPS) is 33.2. The van der Waals surface area contributed by atoms with E-state index in [1.54, 1.807) is 0 Å². The van der Waals surface area contributed by atoms with E-state index >= 15 is 0 Å². The van der Waals surface area contributed by atoms with Crippen LogP contribution in [-0.4, -0.2) is 57.9 Å². The largest absolute Gasteiger partial charge is 0.446 e. The number of aliphatic hydroxyl groups excluding tert-OH is 1. The summed E-state index contributed by atoms with van der Waals surface area (Å²) in [5.74, 6) is 2.79. The van der Waals surface area contributed by atoms with Crippen LogP contribution in [0, 0.1) is 46.3 Å². The molecule has 1 amide bonds. The van der Waals surface area contributed by atoms with Crippen LogP contribution in [0.5, 0.6) is 0 Å². The van der Waals surface area contributed by atoms with Gasteiger partial charge in [0.1, 0.15) is 6.10 Å². The van der Waals surface area contributed by atoms with Gasteiger partial charge in [0, 0.05) is 23.1 Å². The monoisotopic (exact) mass is 842 g/mol. The van der Waals surface area contributed by atoms with E-state index in [0.717, 1.165) is 60.3 Å². The van der Waals surface area contributed by atoms with Crippen molar-refractivity contribution in [3.8, 4) is 11.1 Å². The predicted molar refractivity (Wildman–Crippen MR) is 250 cm³/mol. The minimum absolute atomic E-state index is 0.0399. The number of ether oxygens (including phenoxy) is 1. The van der Waals surface area contributed by atoms with Crippen LogP contribution in [0.4, 0.5) is 4.79 Å². The van der Waals surface area contributed by atoms with E-state index in [0.29, 0.717) is 79.4 Å². The van der Waals surface area contributed by atoms with Gasteiger partial charge in [-0.05, 0) is 159 Å². The first-order valence-electron chi connectivity index (χ1n) is 24.4. The van der Waals surface area contributed by atoms with Gasteiger partial charge in [0.2, 0.25) is 0 Å². The predicted octanol–water partition coefficient (Wildman–Crippen LogP) is 12.6. The van der Waals surface area contributed by atoms with Crippen molar-refractivity contribution in [2.45, 2.75) is 156 Å². The molecule has 2 N–H and O–H groups in total. The fourth-order valence-electron chi connectivity index (χ4n) is 13.2. The topological polar surface area (TPSA) is 87.1 Å². The highest BCUT2D eigenvalue weighted by atomic mass is 16.6. The van der Waals surface area contributed by atoms with Gasteiger partial charge in [-0.2, -0.15) is 0 Å². The molecule has 0 saturated heterocycles. The number of aliphatic hydroxyl groups is 2. The number of rotatable bonds is 9. The number of benzene rings is 3. The Balaban J connectivity index is 1.16. The molecule has 5 fully saturated rings. The van der Waals surface area contributed by atoms with E-state index in [1.165, 1.54) is 24.8 Å². The highest BCUT2D eigenvalue weighted by Gasteiger charge is 2.59. The molecule has 0 radical (unpaired) electrons. The summed E-state index contributed by atoms with van der Waals surface area (Å²) in [7, 11) is 0. The number of carbonyl (C=O) groups excluding carboxylic acids is 2. The smallest absolute Gasteiger partial charge is 0.410 e. The maximum absolute atomic E-state index is 14.9. The lowest BCUT2D eigenvalue weighted by Gasteiger charge is -2.60. The summed E-state index contributed by atoms with van der Waals surface area (Å²) >= 11 is 0. The van der Waals surface area contributed by atoms with Crippen LogP contribution in [0.25, 0.3) is 11.1 Å². The highest BCUT2D eigenvalue weighted by molar-refractivity contribution is 6.10. The van der Waals surface area contributed by atoms with Gasteiger partial charge >= 0.3 is 6.09 Å². The van der Waals surface area contributed by atoms with Gasteiger partial charge in [-0.15, -0.1) is 0 Å². The minimum Gasteiger partial charge on any atom is -0.446 e. The van der Waals surface area contributed by atoms with E-state index in [2.05, 4.69) is 78.8 Å². The molecule has 3 aromatic rings. The summed E-state index contributed by atoms with van der Waals surface area (Å²) in [6.45, 7) is 16.9. The zero-order chi connectivity index (χ0) is 44.0.